The van der Waals surface area contributed by atoms with Gasteiger partial charge in [0.05, 0.1) is 0 Å². The molecule has 0 bridgehead atoms. The lowest BCUT2D eigenvalue weighted by atomic mass is 9.96. The van der Waals surface area contributed by atoms with Crippen LogP contribution in [0.15, 0.2) is 36.9 Å². The molecule has 0 saturated carbocycles. The highest BCUT2D eigenvalue weighted by atomic mass is 19.1. The van der Waals surface area contributed by atoms with Crippen LogP contribution in [-0.4, -0.2) is 12.7 Å². The largest absolute Gasteiger partial charge is 0.445 e. The summed E-state index contributed by atoms with van der Waals surface area (Å²) in [6.45, 7) is 10.3. The van der Waals surface area contributed by atoms with E-state index >= 15 is 0 Å². The minimum Gasteiger partial charge on any atom is -0.445 e. The van der Waals surface area contributed by atoms with Crippen molar-refractivity contribution in [3.8, 4) is 0 Å². The first-order chi connectivity index (χ1) is 9.81. The number of nitrogens with one attached hydrogen (secondary N) is 1. The zero-order chi connectivity index (χ0) is 15.9. The fourth-order valence-corrected chi connectivity index (χ4v) is 1.66. The topological polar surface area (TPSA) is 38.3 Å². The molecule has 0 aliphatic rings. The van der Waals surface area contributed by atoms with E-state index in [0.717, 1.165) is 5.56 Å². The molecule has 0 unspecified atom stereocenters. The number of allylic oxidation sites excluding steroid dienone is 1. The third kappa shape index (κ3) is 6.75. The molecule has 4 heteroatoms. The maximum absolute atomic E-state index is 13.1. The van der Waals surface area contributed by atoms with Gasteiger partial charge in [0, 0.05) is 6.54 Å². The Hall–Kier alpha value is -2.10. The number of hydrogen-bond donors (Lipinski definition) is 1. The van der Waals surface area contributed by atoms with Crippen LogP contribution in [-0.2, 0) is 11.3 Å². The summed E-state index contributed by atoms with van der Waals surface area (Å²) < 4.78 is 18.1. The second-order valence-electron chi connectivity index (χ2n) is 5.77. The molecule has 0 aliphatic heterocycles. The third-order valence-electron chi connectivity index (χ3n) is 2.68. The number of ether oxygens (including phenoxy) is 1. The molecule has 114 valence electrons. The van der Waals surface area contributed by atoms with E-state index in [2.05, 4.69) is 32.7 Å². The molecule has 21 heavy (non-hydrogen) atoms. The van der Waals surface area contributed by atoms with E-state index in [1.165, 1.54) is 12.1 Å². The number of carbonyl (C=O) groups excluding carboxylic acids is 1. The van der Waals surface area contributed by atoms with Crippen molar-refractivity contribution in [1.82, 2.24) is 5.32 Å². The van der Waals surface area contributed by atoms with E-state index in [0.29, 0.717) is 5.56 Å². The number of carbonyl (C=O) groups is 1. The highest BCUT2D eigenvalue weighted by molar-refractivity contribution is 5.67. The summed E-state index contributed by atoms with van der Waals surface area (Å²) >= 11 is 0. The number of hydrogen-bond acceptors (Lipinski definition) is 2. The molecule has 1 rings (SSSR count). The van der Waals surface area contributed by atoms with Crippen molar-refractivity contribution >= 4 is 12.2 Å². The standard InChI is InChI=1S/C17H22FNO2/c1-5-13-11-15(18)8-7-14(13)12-19-16(20)21-10-6-9-17(2,3)4/h5-9,11H,1,10,12H2,2-4H3,(H,19,20). The summed E-state index contributed by atoms with van der Waals surface area (Å²) in [6, 6.07) is 4.34. The van der Waals surface area contributed by atoms with Gasteiger partial charge in [-0.3, -0.25) is 0 Å². The summed E-state index contributed by atoms with van der Waals surface area (Å²) in [7, 11) is 0. The predicted molar refractivity (Wildman–Crippen MR) is 83.3 cm³/mol. The number of halogens is 1. The molecule has 0 spiro atoms. The van der Waals surface area contributed by atoms with Crippen molar-refractivity contribution in [3.63, 3.8) is 0 Å². The van der Waals surface area contributed by atoms with Gasteiger partial charge >= 0.3 is 6.09 Å². The molecule has 0 heterocycles. The molecule has 1 N–H and O–H groups in total. The van der Waals surface area contributed by atoms with Gasteiger partial charge in [-0.1, -0.05) is 51.6 Å². The van der Waals surface area contributed by atoms with Crippen molar-refractivity contribution in [3.05, 3.63) is 53.9 Å². The quantitative estimate of drug-likeness (QED) is 0.821. The molecule has 1 aromatic rings. The lowest BCUT2D eigenvalue weighted by molar-refractivity contribution is 0.157. The van der Waals surface area contributed by atoms with Crippen LogP contribution in [0.1, 0.15) is 31.9 Å². The molecular formula is C17H22FNO2. The van der Waals surface area contributed by atoms with Gasteiger partial charge in [-0.2, -0.15) is 0 Å². The summed E-state index contributed by atoms with van der Waals surface area (Å²) in [6.07, 6.45) is 4.84. The van der Waals surface area contributed by atoms with Gasteiger partial charge in [0.2, 0.25) is 0 Å². The maximum Gasteiger partial charge on any atom is 0.407 e. The zero-order valence-electron chi connectivity index (χ0n) is 12.8. The van der Waals surface area contributed by atoms with Gasteiger partial charge < -0.3 is 10.1 Å². The molecule has 0 aliphatic carbocycles. The van der Waals surface area contributed by atoms with Crippen molar-refractivity contribution in [2.75, 3.05) is 6.61 Å². The Morgan fingerprint density at radius 2 is 2.14 bits per heavy atom. The molecule has 0 atom stereocenters. The Kier molecular flexibility index (Phi) is 6.15. The minimum atomic E-state index is -0.507. The number of alkyl carbamates (subject to hydrolysis) is 1. The first-order valence-electron chi connectivity index (χ1n) is 6.81. The first-order valence-corrected chi connectivity index (χ1v) is 6.81. The second-order valence-corrected chi connectivity index (χ2v) is 5.77. The average Bonchev–Trinajstić information content (AvgIpc) is 2.41. The average molecular weight is 291 g/mol. The maximum atomic E-state index is 13.1. The molecule has 1 aromatic carbocycles. The van der Waals surface area contributed by atoms with Gasteiger partial charge in [-0.25, -0.2) is 9.18 Å². The second kappa shape index (κ2) is 7.62. The van der Waals surface area contributed by atoms with Crippen LogP contribution in [0.25, 0.3) is 6.08 Å². The SMILES string of the molecule is C=Cc1cc(F)ccc1CNC(=O)OCC=CC(C)(C)C. The van der Waals surface area contributed by atoms with Crippen LogP contribution < -0.4 is 5.32 Å². The lowest BCUT2D eigenvalue weighted by Gasteiger charge is -2.11. The fourth-order valence-electron chi connectivity index (χ4n) is 1.66. The van der Waals surface area contributed by atoms with Crippen LogP contribution >= 0.6 is 0 Å². The van der Waals surface area contributed by atoms with Gasteiger partial charge in [0.25, 0.3) is 0 Å². The molecule has 0 fully saturated rings. The predicted octanol–water partition coefficient (Wildman–Crippen LogP) is 4.30. The Balaban J connectivity index is 2.43. The molecule has 0 saturated heterocycles. The Morgan fingerprint density at radius 3 is 2.76 bits per heavy atom. The van der Waals surface area contributed by atoms with Gasteiger partial charge in [-0.05, 0) is 28.7 Å². The van der Waals surface area contributed by atoms with Gasteiger partial charge in [-0.15, -0.1) is 0 Å². The van der Waals surface area contributed by atoms with Crippen molar-refractivity contribution in [1.29, 1.82) is 0 Å². The smallest absolute Gasteiger partial charge is 0.407 e. The number of amides is 1. The molecule has 3 nitrogen and oxygen atoms in total. The van der Waals surface area contributed by atoms with E-state index in [1.807, 2.05) is 12.2 Å². The monoisotopic (exact) mass is 291 g/mol. The minimum absolute atomic E-state index is 0.0623. The van der Waals surface area contributed by atoms with Gasteiger partial charge in [0.15, 0.2) is 0 Å². The van der Waals surface area contributed by atoms with Crippen LogP contribution in [0.4, 0.5) is 9.18 Å². The Labute approximate surface area is 125 Å². The van der Waals surface area contributed by atoms with Gasteiger partial charge in [0.1, 0.15) is 12.4 Å². The molecule has 0 aromatic heterocycles. The van der Waals surface area contributed by atoms with Crippen LogP contribution in [0.5, 0.6) is 0 Å². The first kappa shape index (κ1) is 17.0. The summed E-state index contributed by atoms with van der Waals surface area (Å²) in [5.74, 6) is -0.330. The highest BCUT2D eigenvalue weighted by Gasteiger charge is 2.06. The summed E-state index contributed by atoms with van der Waals surface area (Å²) in [4.78, 5) is 11.5. The Morgan fingerprint density at radius 1 is 1.43 bits per heavy atom. The zero-order valence-corrected chi connectivity index (χ0v) is 12.8. The summed E-state index contributed by atoms with van der Waals surface area (Å²) in [5, 5.41) is 2.63. The highest BCUT2D eigenvalue weighted by Crippen LogP contribution is 2.14. The summed E-state index contributed by atoms with van der Waals surface area (Å²) in [5.41, 5.74) is 1.50. The van der Waals surface area contributed by atoms with E-state index in [-0.39, 0.29) is 24.4 Å². The lowest BCUT2D eigenvalue weighted by Crippen LogP contribution is -2.24. The number of rotatable bonds is 5. The van der Waals surface area contributed by atoms with E-state index < -0.39 is 6.09 Å². The normalized spacial score (nSPS) is 11.4. The molecule has 1 amide bonds. The Bertz CT molecular complexity index is 530. The van der Waals surface area contributed by atoms with Crippen LogP contribution in [0, 0.1) is 11.2 Å². The van der Waals surface area contributed by atoms with Crippen LogP contribution in [0.2, 0.25) is 0 Å². The van der Waals surface area contributed by atoms with Crippen molar-refractivity contribution < 1.29 is 13.9 Å². The van der Waals surface area contributed by atoms with Crippen LogP contribution in [0.3, 0.4) is 0 Å². The van der Waals surface area contributed by atoms with E-state index in [4.69, 9.17) is 4.74 Å². The molecular weight excluding hydrogens is 269 g/mol. The molecule has 0 radical (unpaired) electrons. The third-order valence-corrected chi connectivity index (χ3v) is 2.68. The van der Waals surface area contributed by atoms with Crippen molar-refractivity contribution in [2.24, 2.45) is 5.41 Å². The number of benzene rings is 1. The fraction of sp³-hybridized carbons (Fsp3) is 0.353. The van der Waals surface area contributed by atoms with Crippen molar-refractivity contribution in [2.45, 2.75) is 27.3 Å². The van der Waals surface area contributed by atoms with E-state index in [9.17, 15) is 9.18 Å². The van der Waals surface area contributed by atoms with E-state index in [1.54, 1.807) is 12.1 Å².